The lowest BCUT2D eigenvalue weighted by Gasteiger charge is -2.30. The zero-order chi connectivity index (χ0) is 23.0. The molecular formula is C32H37F. The van der Waals surface area contributed by atoms with Crippen LogP contribution in [-0.4, -0.2) is 0 Å². The van der Waals surface area contributed by atoms with Crippen molar-refractivity contribution in [1.82, 2.24) is 0 Å². The van der Waals surface area contributed by atoms with Gasteiger partial charge in [-0.15, -0.1) is 0 Å². The van der Waals surface area contributed by atoms with E-state index in [9.17, 15) is 4.39 Å². The highest BCUT2D eigenvalue weighted by atomic mass is 19.1. The van der Waals surface area contributed by atoms with Crippen LogP contribution in [0.2, 0.25) is 0 Å². The Bertz CT molecular complexity index is 1020. The molecule has 3 aromatic rings. The molecule has 1 atom stereocenters. The molecule has 0 spiro atoms. The van der Waals surface area contributed by atoms with Crippen LogP contribution in [0, 0.1) is 11.7 Å². The zero-order valence-electron chi connectivity index (χ0n) is 20.1. The number of hydrogen-bond donors (Lipinski definition) is 0. The Hall–Kier alpha value is -2.67. The van der Waals surface area contributed by atoms with E-state index in [-0.39, 0.29) is 5.82 Å². The van der Waals surface area contributed by atoms with Crippen molar-refractivity contribution in [2.75, 3.05) is 0 Å². The molecule has 0 radical (unpaired) electrons. The Labute approximate surface area is 199 Å². The van der Waals surface area contributed by atoms with Crippen LogP contribution in [0.25, 0.3) is 12.2 Å². The van der Waals surface area contributed by atoms with Gasteiger partial charge in [0, 0.05) is 5.56 Å². The lowest BCUT2D eigenvalue weighted by Crippen LogP contribution is -2.15. The number of aryl methyl sites for hydroxylation is 1. The van der Waals surface area contributed by atoms with E-state index in [1.165, 1.54) is 48.8 Å². The predicted octanol–water partition coefficient (Wildman–Crippen LogP) is 9.42. The van der Waals surface area contributed by atoms with Gasteiger partial charge >= 0.3 is 0 Å². The van der Waals surface area contributed by atoms with Gasteiger partial charge in [0.25, 0.3) is 0 Å². The maximum atomic E-state index is 14.9. The first-order chi connectivity index (χ1) is 16.1. The third-order valence-corrected chi connectivity index (χ3v) is 7.37. The minimum absolute atomic E-state index is 0.105. The maximum Gasteiger partial charge on any atom is 0.130 e. The Morgan fingerprint density at radius 3 is 2.27 bits per heavy atom. The summed E-state index contributed by atoms with van der Waals surface area (Å²) in [6, 6.07) is 25.3. The number of rotatable bonds is 8. The molecule has 0 bridgehead atoms. The Balaban J connectivity index is 1.32. The van der Waals surface area contributed by atoms with E-state index in [0.29, 0.717) is 17.4 Å². The summed E-state index contributed by atoms with van der Waals surface area (Å²) in [4.78, 5) is 0. The summed E-state index contributed by atoms with van der Waals surface area (Å²) in [5, 5.41) is 0. The van der Waals surface area contributed by atoms with Gasteiger partial charge in [-0.2, -0.15) is 0 Å². The van der Waals surface area contributed by atoms with Gasteiger partial charge in [-0.3, -0.25) is 0 Å². The molecule has 33 heavy (non-hydrogen) atoms. The molecule has 1 saturated carbocycles. The molecule has 0 heterocycles. The summed E-state index contributed by atoms with van der Waals surface area (Å²) < 4.78 is 14.9. The maximum absolute atomic E-state index is 14.9. The smallest absolute Gasteiger partial charge is 0.130 e. The molecule has 0 N–H and O–H groups in total. The monoisotopic (exact) mass is 440 g/mol. The summed E-state index contributed by atoms with van der Waals surface area (Å²) in [6.07, 6.45) is 12.3. The van der Waals surface area contributed by atoms with Gasteiger partial charge in [0.2, 0.25) is 0 Å². The first-order valence-electron chi connectivity index (χ1n) is 12.7. The number of hydrogen-bond acceptors (Lipinski definition) is 0. The van der Waals surface area contributed by atoms with E-state index in [1.54, 1.807) is 6.07 Å². The number of halogens is 1. The molecule has 3 aromatic carbocycles. The lowest BCUT2D eigenvalue weighted by molar-refractivity contribution is 0.297. The standard InChI is InChI=1S/C32H37F/c1-3-7-25-10-12-26(13-11-25)14-19-30-20-21-31(23-32(30)33)29-17-15-27(16-18-29)22-24(2)28-8-5-4-6-9-28/h4-6,8-14,19-21,23-24,27,29H,3,7,15-18,22H2,1-2H3/b19-14+. The van der Waals surface area contributed by atoms with Crippen LogP contribution in [-0.2, 0) is 6.42 Å². The lowest BCUT2D eigenvalue weighted by atomic mass is 9.75. The molecule has 0 aromatic heterocycles. The van der Waals surface area contributed by atoms with Crippen molar-refractivity contribution < 1.29 is 4.39 Å². The van der Waals surface area contributed by atoms with Crippen LogP contribution in [0.4, 0.5) is 4.39 Å². The van der Waals surface area contributed by atoms with Gasteiger partial charge in [-0.25, -0.2) is 4.39 Å². The van der Waals surface area contributed by atoms with Gasteiger partial charge in [0.05, 0.1) is 0 Å². The van der Waals surface area contributed by atoms with Crippen molar-refractivity contribution in [3.8, 4) is 0 Å². The largest absolute Gasteiger partial charge is 0.206 e. The molecule has 1 fully saturated rings. The fourth-order valence-electron chi connectivity index (χ4n) is 5.35. The van der Waals surface area contributed by atoms with E-state index in [0.717, 1.165) is 24.3 Å². The second kappa shape index (κ2) is 11.5. The van der Waals surface area contributed by atoms with E-state index in [2.05, 4.69) is 74.5 Å². The van der Waals surface area contributed by atoms with Gasteiger partial charge < -0.3 is 0 Å². The molecule has 172 valence electrons. The average molecular weight is 441 g/mol. The van der Waals surface area contributed by atoms with Crippen molar-refractivity contribution in [1.29, 1.82) is 0 Å². The van der Waals surface area contributed by atoms with Crippen molar-refractivity contribution in [2.45, 2.75) is 70.6 Å². The summed E-state index contributed by atoms with van der Waals surface area (Å²) >= 11 is 0. The van der Waals surface area contributed by atoms with Crippen molar-refractivity contribution in [3.05, 3.63) is 106 Å². The summed E-state index contributed by atoms with van der Waals surface area (Å²) in [7, 11) is 0. The molecule has 0 aliphatic heterocycles. The molecule has 1 heteroatoms. The van der Waals surface area contributed by atoms with Crippen molar-refractivity contribution in [2.24, 2.45) is 5.92 Å². The first-order valence-corrected chi connectivity index (χ1v) is 12.7. The molecule has 1 aliphatic carbocycles. The van der Waals surface area contributed by atoms with Crippen LogP contribution < -0.4 is 0 Å². The molecule has 1 aliphatic rings. The zero-order valence-corrected chi connectivity index (χ0v) is 20.1. The Morgan fingerprint density at radius 1 is 0.879 bits per heavy atom. The SMILES string of the molecule is CCCc1ccc(/C=C/c2ccc(C3CCC(CC(C)c4ccccc4)CC3)cc2F)cc1. The molecular weight excluding hydrogens is 403 g/mol. The van der Waals surface area contributed by atoms with Crippen LogP contribution in [0.1, 0.15) is 92.0 Å². The van der Waals surface area contributed by atoms with Crippen LogP contribution in [0.3, 0.4) is 0 Å². The second-order valence-corrected chi connectivity index (χ2v) is 9.87. The Morgan fingerprint density at radius 2 is 1.61 bits per heavy atom. The van der Waals surface area contributed by atoms with E-state index in [1.807, 2.05) is 18.2 Å². The van der Waals surface area contributed by atoms with Gasteiger partial charge in [-0.1, -0.05) is 99.2 Å². The highest BCUT2D eigenvalue weighted by molar-refractivity contribution is 5.70. The van der Waals surface area contributed by atoms with Gasteiger partial charge in [0.15, 0.2) is 0 Å². The quantitative estimate of drug-likeness (QED) is 0.306. The summed E-state index contributed by atoms with van der Waals surface area (Å²) in [5.41, 5.74) is 5.75. The molecule has 4 rings (SSSR count). The summed E-state index contributed by atoms with van der Waals surface area (Å²) in [6.45, 7) is 4.54. The summed E-state index contributed by atoms with van der Waals surface area (Å²) in [5.74, 6) is 1.78. The van der Waals surface area contributed by atoms with Crippen molar-refractivity contribution >= 4 is 12.2 Å². The van der Waals surface area contributed by atoms with E-state index >= 15 is 0 Å². The first kappa shape index (κ1) is 23.5. The average Bonchev–Trinajstić information content (AvgIpc) is 2.85. The van der Waals surface area contributed by atoms with E-state index in [4.69, 9.17) is 0 Å². The number of benzene rings is 3. The van der Waals surface area contributed by atoms with E-state index < -0.39 is 0 Å². The molecule has 0 nitrogen and oxygen atoms in total. The minimum Gasteiger partial charge on any atom is -0.206 e. The molecule has 1 unspecified atom stereocenters. The normalized spacial score (nSPS) is 19.6. The Kier molecular flexibility index (Phi) is 8.15. The molecule has 0 saturated heterocycles. The highest BCUT2D eigenvalue weighted by Gasteiger charge is 2.24. The van der Waals surface area contributed by atoms with Gasteiger partial charge in [0.1, 0.15) is 5.82 Å². The third-order valence-electron chi connectivity index (χ3n) is 7.37. The predicted molar refractivity (Wildman–Crippen MR) is 140 cm³/mol. The highest BCUT2D eigenvalue weighted by Crippen LogP contribution is 2.40. The second-order valence-electron chi connectivity index (χ2n) is 9.87. The van der Waals surface area contributed by atoms with Crippen molar-refractivity contribution in [3.63, 3.8) is 0 Å². The fourth-order valence-corrected chi connectivity index (χ4v) is 5.35. The van der Waals surface area contributed by atoms with Crippen LogP contribution in [0.5, 0.6) is 0 Å². The minimum atomic E-state index is -0.105. The third kappa shape index (κ3) is 6.44. The van der Waals surface area contributed by atoms with Crippen LogP contribution >= 0.6 is 0 Å². The van der Waals surface area contributed by atoms with Gasteiger partial charge in [-0.05, 0) is 84.6 Å². The topological polar surface area (TPSA) is 0 Å². The fraction of sp³-hybridized carbons (Fsp3) is 0.375. The molecule has 0 amide bonds. The van der Waals surface area contributed by atoms with Crippen LogP contribution in [0.15, 0.2) is 72.8 Å².